The van der Waals surface area contributed by atoms with Gasteiger partial charge in [-0.05, 0) is 18.1 Å². The first-order valence-electron chi connectivity index (χ1n) is 10.3. The van der Waals surface area contributed by atoms with Crippen molar-refractivity contribution in [2.24, 2.45) is 0 Å². The largest absolute Gasteiger partial charge is 0.478 e. The third kappa shape index (κ3) is 3.15. The predicted octanol–water partition coefficient (Wildman–Crippen LogP) is 3.08. The number of carbonyl (C=O) groups is 3. The molecule has 0 bridgehead atoms. The quantitative estimate of drug-likeness (QED) is 0.368. The molecule has 4 aromatic rings. The van der Waals surface area contributed by atoms with Crippen molar-refractivity contribution in [1.82, 2.24) is 9.61 Å². The fourth-order valence-corrected chi connectivity index (χ4v) is 4.14. The number of fused-ring (bicyclic) bond motifs is 3. The van der Waals surface area contributed by atoms with E-state index in [-0.39, 0.29) is 22.5 Å². The van der Waals surface area contributed by atoms with E-state index >= 15 is 0 Å². The number of rotatable bonds is 4. The maximum Gasteiger partial charge on any atom is 0.353 e. The van der Waals surface area contributed by atoms with Crippen molar-refractivity contribution in [2.75, 3.05) is 5.73 Å². The van der Waals surface area contributed by atoms with Gasteiger partial charge < -0.3 is 15.6 Å². The van der Waals surface area contributed by atoms with E-state index in [1.54, 1.807) is 28.8 Å². The van der Waals surface area contributed by atoms with Gasteiger partial charge in [0.15, 0.2) is 5.75 Å². The second-order valence-corrected chi connectivity index (χ2v) is 7.86. The molecule has 2 aromatic heterocycles. The minimum absolute atomic E-state index is 0.0410. The van der Waals surface area contributed by atoms with Crippen LogP contribution in [-0.2, 0) is 16.0 Å². The number of nitrogens with two attached hydrogens (primary N) is 1. The highest BCUT2D eigenvalue weighted by atomic mass is 16.5. The molecule has 0 aliphatic carbocycles. The summed E-state index contributed by atoms with van der Waals surface area (Å²) in [6.07, 6.45) is -1.44. The number of benzene rings is 2. The van der Waals surface area contributed by atoms with E-state index in [2.05, 4.69) is 0 Å². The summed E-state index contributed by atoms with van der Waals surface area (Å²) in [5, 5.41) is 14.2. The van der Waals surface area contributed by atoms with Gasteiger partial charge in [0.1, 0.15) is 11.2 Å². The van der Waals surface area contributed by atoms with E-state index in [4.69, 9.17) is 15.6 Å². The number of carboxylic acid groups (broad SMARTS) is 1. The van der Waals surface area contributed by atoms with Crippen molar-refractivity contribution in [3.05, 3.63) is 83.0 Å². The van der Waals surface area contributed by atoms with Gasteiger partial charge in [0.05, 0.1) is 16.9 Å². The van der Waals surface area contributed by atoms with Crippen LogP contribution in [0.2, 0.25) is 0 Å². The number of nitrogens with zero attached hydrogens (tertiary/aromatic N) is 2. The van der Waals surface area contributed by atoms with E-state index in [0.29, 0.717) is 17.7 Å². The van der Waals surface area contributed by atoms with Gasteiger partial charge in [-0.3, -0.25) is 9.59 Å². The number of hydrogen-bond donors (Lipinski definition) is 2. The Kier molecular flexibility index (Phi) is 4.70. The first-order valence-corrected chi connectivity index (χ1v) is 10.3. The number of Topliss-reactive ketones (excluding diaryl/α,β-unsaturated/α-hetero) is 2. The van der Waals surface area contributed by atoms with Crippen LogP contribution in [0.5, 0.6) is 5.75 Å². The van der Waals surface area contributed by atoms with E-state index in [0.717, 1.165) is 16.8 Å². The van der Waals surface area contributed by atoms with Crippen LogP contribution in [0.4, 0.5) is 5.69 Å². The summed E-state index contributed by atoms with van der Waals surface area (Å²) >= 11 is 0. The minimum atomic E-state index is -1.94. The van der Waals surface area contributed by atoms with Crippen molar-refractivity contribution in [3.8, 4) is 17.0 Å². The molecule has 8 nitrogen and oxygen atoms in total. The maximum atomic E-state index is 13.1. The summed E-state index contributed by atoms with van der Waals surface area (Å²) in [6, 6.07) is 18.6. The molecule has 33 heavy (non-hydrogen) atoms. The average molecular weight is 441 g/mol. The smallest absolute Gasteiger partial charge is 0.353 e. The Morgan fingerprint density at radius 3 is 2.36 bits per heavy atom. The van der Waals surface area contributed by atoms with E-state index in [1.807, 2.05) is 43.3 Å². The van der Waals surface area contributed by atoms with E-state index < -0.39 is 23.6 Å². The Morgan fingerprint density at radius 1 is 1.09 bits per heavy atom. The third-order valence-electron chi connectivity index (χ3n) is 5.85. The molecule has 2 aromatic carbocycles. The highest BCUT2D eigenvalue weighted by molar-refractivity contribution is 6.50. The highest BCUT2D eigenvalue weighted by Crippen LogP contribution is 2.42. The molecule has 164 valence electrons. The first-order chi connectivity index (χ1) is 15.9. The minimum Gasteiger partial charge on any atom is -0.478 e. The molecule has 3 heterocycles. The van der Waals surface area contributed by atoms with E-state index in [1.165, 1.54) is 0 Å². The van der Waals surface area contributed by atoms with Crippen LogP contribution in [0.1, 0.15) is 27.2 Å². The lowest BCUT2D eigenvalue weighted by Gasteiger charge is -2.24. The number of ether oxygens (including phenoxy) is 1. The van der Waals surface area contributed by atoms with Crippen LogP contribution in [0.15, 0.2) is 60.7 Å². The van der Waals surface area contributed by atoms with Crippen LogP contribution in [0.3, 0.4) is 0 Å². The second kappa shape index (κ2) is 7.59. The molecular weight excluding hydrogens is 422 g/mol. The fourth-order valence-electron chi connectivity index (χ4n) is 4.14. The SMILES string of the molecule is Cc1c(N)c2c3c(c(-c4ccccc4)nn2c1Cc1ccccc1)C(=O)C(=O)C(C(=O)O)O3. The zero-order chi connectivity index (χ0) is 23.3. The number of ketones is 2. The molecule has 1 aliphatic rings. The lowest BCUT2D eigenvalue weighted by atomic mass is 9.95. The molecule has 1 unspecified atom stereocenters. The Labute approximate surface area is 188 Å². The lowest BCUT2D eigenvalue weighted by molar-refractivity contribution is -0.149. The molecule has 3 N–H and O–H groups in total. The maximum absolute atomic E-state index is 13.1. The van der Waals surface area contributed by atoms with Crippen LogP contribution in [0.25, 0.3) is 16.8 Å². The molecule has 8 heteroatoms. The number of hydrogen-bond acceptors (Lipinski definition) is 6. The summed E-state index contributed by atoms with van der Waals surface area (Å²) in [4.78, 5) is 37.3. The van der Waals surface area contributed by atoms with Gasteiger partial charge in [-0.2, -0.15) is 5.10 Å². The molecule has 5 rings (SSSR count). The Morgan fingerprint density at radius 2 is 1.73 bits per heavy atom. The molecule has 0 amide bonds. The zero-order valence-electron chi connectivity index (χ0n) is 17.6. The summed E-state index contributed by atoms with van der Waals surface area (Å²) in [7, 11) is 0. The van der Waals surface area contributed by atoms with Gasteiger partial charge in [-0.25, -0.2) is 9.31 Å². The van der Waals surface area contributed by atoms with Gasteiger partial charge >= 0.3 is 5.97 Å². The monoisotopic (exact) mass is 441 g/mol. The molecule has 0 saturated carbocycles. The van der Waals surface area contributed by atoms with Crippen LogP contribution >= 0.6 is 0 Å². The summed E-state index contributed by atoms with van der Waals surface area (Å²) < 4.78 is 7.24. The van der Waals surface area contributed by atoms with Crippen LogP contribution in [0, 0.1) is 6.92 Å². The normalized spacial score (nSPS) is 15.4. The number of carboxylic acids is 1. The molecular formula is C25H19N3O5. The molecule has 0 fully saturated rings. The second-order valence-electron chi connectivity index (χ2n) is 7.86. The van der Waals surface area contributed by atoms with Gasteiger partial charge in [-0.15, -0.1) is 0 Å². The molecule has 1 aliphatic heterocycles. The number of carbonyl (C=O) groups excluding carboxylic acids is 2. The summed E-state index contributed by atoms with van der Waals surface area (Å²) in [5.41, 5.74) is 10.3. The van der Waals surface area contributed by atoms with Gasteiger partial charge in [0.2, 0.25) is 5.78 Å². The zero-order valence-corrected chi connectivity index (χ0v) is 17.6. The third-order valence-corrected chi connectivity index (χ3v) is 5.85. The number of nitrogen functional groups attached to an aromatic ring is 1. The summed E-state index contributed by atoms with van der Waals surface area (Å²) in [6.45, 7) is 1.83. The lowest BCUT2D eigenvalue weighted by Crippen LogP contribution is -2.44. The van der Waals surface area contributed by atoms with Crippen molar-refractivity contribution in [1.29, 1.82) is 0 Å². The first kappa shape index (κ1) is 20.4. The van der Waals surface area contributed by atoms with Crippen molar-refractivity contribution in [2.45, 2.75) is 19.4 Å². The average Bonchev–Trinajstić information content (AvgIpc) is 3.06. The van der Waals surface area contributed by atoms with Crippen LogP contribution < -0.4 is 10.5 Å². The standard InChI is InChI=1S/C25H19N3O5/c1-13-16(12-14-8-4-2-5-9-14)28-20(18(13)26)23-17(19(27-28)15-10-6-3-7-11-15)21(29)22(30)24(33-23)25(31)32/h2-11,24H,12,26H2,1H3,(H,31,32). The van der Waals surface area contributed by atoms with Crippen molar-refractivity contribution in [3.63, 3.8) is 0 Å². The Balaban J connectivity index is 1.85. The van der Waals surface area contributed by atoms with E-state index in [9.17, 15) is 19.5 Å². The van der Waals surface area contributed by atoms with Crippen molar-refractivity contribution >= 4 is 28.7 Å². The predicted molar refractivity (Wildman–Crippen MR) is 120 cm³/mol. The number of aromatic nitrogens is 2. The molecule has 0 saturated heterocycles. The topological polar surface area (TPSA) is 124 Å². The van der Waals surface area contributed by atoms with Crippen LogP contribution in [-0.4, -0.2) is 38.4 Å². The molecule has 0 radical (unpaired) electrons. The highest BCUT2D eigenvalue weighted by Gasteiger charge is 2.44. The fraction of sp³-hybridized carbons (Fsp3) is 0.120. The van der Waals surface area contributed by atoms with Crippen molar-refractivity contribution < 1.29 is 24.2 Å². The number of aliphatic carboxylic acids is 1. The van der Waals surface area contributed by atoms with Gasteiger partial charge in [-0.1, -0.05) is 60.7 Å². The Bertz CT molecular complexity index is 1440. The Hall–Kier alpha value is -4.46. The molecule has 0 spiro atoms. The molecule has 1 atom stereocenters. The van der Waals surface area contributed by atoms with Gasteiger partial charge in [0.25, 0.3) is 11.9 Å². The summed E-state index contributed by atoms with van der Waals surface area (Å²) in [5.74, 6) is -3.69. The van der Waals surface area contributed by atoms with Gasteiger partial charge in [0, 0.05) is 12.0 Å². The number of anilines is 1.